The van der Waals surface area contributed by atoms with Crippen molar-refractivity contribution in [2.75, 3.05) is 20.3 Å². The lowest BCUT2D eigenvalue weighted by Gasteiger charge is -2.05. The normalized spacial score (nSPS) is 11.8. The average molecular weight is 374 g/mol. The molecule has 136 valence electrons. The Morgan fingerprint density at radius 2 is 2.00 bits per heavy atom. The third-order valence-corrected chi connectivity index (χ3v) is 4.75. The summed E-state index contributed by atoms with van der Waals surface area (Å²) < 4.78 is 26.8. The van der Waals surface area contributed by atoms with E-state index in [0.29, 0.717) is 23.7 Å². The molecule has 0 N–H and O–H groups in total. The molecule has 0 bridgehead atoms. The van der Waals surface area contributed by atoms with E-state index in [9.17, 15) is 9.18 Å². The summed E-state index contributed by atoms with van der Waals surface area (Å²) in [5.74, 6) is 0.124. The highest BCUT2D eigenvalue weighted by Gasteiger charge is 2.09. The van der Waals surface area contributed by atoms with Crippen molar-refractivity contribution in [3.05, 3.63) is 59.1 Å². The van der Waals surface area contributed by atoms with Gasteiger partial charge in [0, 0.05) is 13.7 Å². The number of hydrogen-bond acceptors (Lipinski definition) is 4. The van der Waals surface area contributed by atoms with Crippen LogP contribution < -0.4 is 9.54 Å². The van der Waals surface area contributed by atoms with E-state index in [1.165, 1.54) is 23.5 Å². The Balaban J connectivity index is 1.77. The molecule has 0 spiro atoms. The minimum Gasteiger partial charge on any atom is -0.493 e. The number of ether oxygens (including phenoxy) is 2. The van der Waals surface area contributed by atoms with Crippen molar-refractivity contribution in [1.82, 2.24) is 4.57 Å². The molecule has 1 heterocycles. The van der Waals surface area contributed by atoms with Crippen LogP contribution in [0.5, 0.6) is 5.75 Å². The Labute approximate surface area is 154 Å². The second-order valence-electron chi connectivity index (χ2n) is 5.56. The number of fused-ring (bicyclic) bond motifs is 1. The zero-order chi connectivity index (χ0) is 18.4. The molecule has 0 aliphatic heterocycles. The number of rotatable bonds is 7. The number of thiazole rings is 1. The lowest BCUT2D eigenvalue weighted by molar-refractivity contribution is -0.118. The van der Waals surface area contributed by atoms with Crippen LogP contribution in [0.1, 0.15) is 6.42 Å². The first-order chi connectivity index (χ1) is 12.7. The Bertz CT molecular complexity index is 950. The highest BCUT2D eigenvalue weighted by Crippen LogP contribution is 2.18. The van der Waals surface area contributed by atoms with Crippen molar-refractivity contribution in [3.63, 3.8) is 0 Å². The fourth-order valence-corrected chi connectivity index (χ4v) is 3.56. The molecular weight excluding hydrogens is 355 g/mol. The molecule has 0 aliphatic rings. The van der Waals surface area contributed by atoms with Gasteiger partial charge < -0.3 is 14.0 Å². The minimum atomic E-state index is -0.313. The molecule has 0 saturated heterocycles. The summed E-state index contributed by atoms with van der Waals surface area (Å²) in [7, 11) is 1.61. The molecule has 7 heteroatoms. The topological polar surface area (TPSA) is 52.8 Å². The molecule has 3 aromatic rings. The third-order valence-electron chi connectivity index (χ3n) is 3.71. The van der Waals surface area contributed by atoms with E-state index < -0.39 is 0 Å². The van der Waals surface area contributed by atoms with Gasteiger partial charge in [-0.3, -0.25) is 4.79 Å². The highest BCUT2D eigenvalue weighted by atomic mass is 32.1. The van der Waals surface area contributed by atoms with Gasteiger partial charge in [0.25, 0.3) is 5.91 Å². The van der Waals surface area contributed by atoms with Crippen LogP contribution in [0.3, 0.4) is 0 Å². The molecule has 1 amide bonds. The second kappa shape index (κ2) is 8.73. The molecule has 2 aromatic carbocycles. The first-order valence-electron chi connectivity index (χ1n) is 8.20. The van der Waals surface area contributed by atoms with E-state index >= 15 is 0 Å². The van der Waals surface area contributed by atoms with Crippen molar-refractivity contribution in [1.29, 1.82) is 0 Å². The fraction of sp³-hybridized carbons (Fsp3) is 0.263. The van der Waals surface area contributed by atoms with Crippen LogP contribution in [-0.4, -0.2) is 30.8 Å². The van der Waals surface area contributed by atoms with Gasteiger partial charge in [-0.1, -0.05) is 29.5 Å². The van der Waals surface area contributed by atoms with Crippen molar-refractivity contribution < 1.29 is 18.7 Å². The number of aromatic nitrogens is 1. The van der Waals surface area contributed by atoms with Crippen molar-refractivity contribution in [2.45, 2.75) is 13.0 Å². The average Bonchev–Trinajstić information content (AvgIpc) is 2.96. The number of methoxy groups -OCH3 is 1. The number of halogens is 1. The lowest BCUT2D eigenvalue weighted by atomic mass is 10.3. The third kappa shape index (κ3) is 4.56. The van der Waals surface area contributed by atoms with Gasteiger partial charge in [-0.2, -0.15) is 4.99 Å². The highest BCUT2D eigenvalue weighted by molar-refractivity contribution is 7.16. The van der Waals surface area contributed by atoms with Gasteiger partial charge in [0.1, 0.15) is 11.6 Å². The van der Waals surface area contributed by atoms with Gasteiger partial charge in [0.2, 0.25) is 0 Å². The van der Waals surface area contributed by atoms with Gasteiger partial charge in [-0.05, 0) is 30.3 Å². The van der Waals surface area contributed by atoms with Gasteiger partial charge in [0.15, 0.2) is 4.80 Å². The molecule has 3 rings (SSSR count). The lowest BCUT2D eigenvalue weighted by Crippen LogP contribution is -2.19. The standard InChI is InChI=1S/C19H19FN2O3S/c1-24-12-10-22-16-8-7-14(20)13-17(16)26-19(22)21-18(23)9-11-25-15-5-3-2-4-6-15/h2-8,13H,9-12H2,1H3. The number of nitrogens with zero attached hydrogens (tertiary/aromatic N) is 2. The van der Waals surface area contributed by atoms with Crippen molar-refractivity contribution in [2.24, 2.45) is 4.99 Å². The zero-order valence-electron chi connectivity index (χ0n) is 14.4. The van der Waals surface area contributed by atoms with Crippen LogP contribution in [0.15, 0.2) is 53.5 Å². The van der Waals surface area contributed by atoms with Crippen LogP contribution in [0.4, 0.5) is 4.39 Å². The number of benzene rings is 2. The van der Waals surface area contributed by atoms with Gasteiger partial charge in [-0.15, -0.1) is 0 Å². The summed E-state index contributed by atoms with van der Waals surface area (Å²) in [6.45, 7) is 1.26. The van der Waals surface area contributed by atoms with Crippen LogP contribution in [0.2, 0.25) is 0 Å². The molecule has 0 saturated carbocycles. The van der Waals surface area contributed by atoms with E-state index in [-0.39, 0.29) is 24.8 Å². The molecule has 0 fully saturated rings. The van der Waals surface area contributed by atoms with Crippen molar-refractivity contribution in [3.8, 4) is 5.75 Å². The fourth-order valence-electron chi connectivity index (χ4n) is 2.47. The second-order valence-corrected chi connectivity index (χ2v) is 6.57. The van der Waals surface area contributed by atoms with Crippen LogP contribution in [0.25, 0.3) is 10.2 Å². The molecule has 5 nitrogen and oxygen atoms in total. The number of hydrogen-bond donors (Lipinski definition) is 0. The summed E-state index contributed by atoms with van der Waals surface area (Å²) >= 11 is 1.29. The molecule has 1 aromatic heterocycles. The molecule has 26 heavy (non-hydrogen) atoms. The van der Waals surface area contributed by atoms with Gasteiger partial charge in [0.05, 0.1) is 29.9 Å². The molecule has 0 aliphatic carbocycles. The zero-order valence-corrected chi connectivity index (χ0v) is 15.2. The summed E-state index contributed by atoms with van der Waals surface area (Å²) in [6, 6.07) is 13.9. The molecular formula is C19H19FN2O3S. The van der Waals surface area contributed by atoms with Crippen molar-refractivity contribution >= 4 is 27.5 Å². The monoisotopic (exact) mass is 374 g/mol. The maximum atomic E-state index is 13.5. The number of carbonyl (C=O) groups is 1. The Kier molecular flexibility index (Phi) is 6.14. The van der Waals surface area contributed by atoms with Crippen LogP contribution in [-0.2, 0) is 16.1 Å². The van der Waals surface area contributed by atoms with E-state index in [4.69, 9.17) is 9.47 Å². The predicted octanol–water partition coefficient (Wildman–Crippen LogP) is 3.38. The number of carbonyl (C=O) groups excluding carboxylic acids is 1. The quantitative estimate of drug-likeness (QED) is 0.637. The molecule has 0 radical (unpaired) electrons. The summed E-state index contributed by atoms with van der Waals surface area (Å²) in [4.78, 5) is 16.9. The molecule has 0 atom stereocenters. The predicted molar refractivity (Wildman–Crippen MR) is 98.8 cm³/mol. The molecule has 0 unspecified atom stereocenters. The van der Waals surface area contributed by atoms with Crippen LogP contribution in [0, 0.1) is 5.82 Å². The maximum Gasteiger partial charge on any atom is 0.251 e. The first-order valence-corrected chi connectivity index (χ1v) is 9.02. The SMILES string of the molecule is COCCn1c(=NC(=O)CCOc2ccccc2)sc2cc(F)ccc21. The number of para-hydroxylation sites is 1. The van der Waals surface area contributed by atoms with E-state index in [0.717, 1.165) is 10.2 Å². The van der Waals surface area contributed by atoms with E-state index in [1.807, 2.05) is 34.9 Å². The van der Waals surface area contributed by atoms with Crippen LogP contribution >= 0.6 is 11.3 Å². The minimum absolute atomic E-state index is 0.168. The van der Waals surface area contributed by atoms with Gasteiger partial charge >= 0.3 is 0 Å². The summed E-state index contributed by atoms with van der Waals surface area (Å²) in [6.07, 6.45) is 0.168. The Morgan fingerprint density at radius 3 is 2.77 bits per heavy atom. The number of amides is 1. The Morgan fingerprint density at radius 1 is 1.19 bits per heavy atom. The summed E-state index contributed by atoms with van der Waals surface area (Å²) in [5.41, 5.74) is 0.834. The van der Waals surface area contributed by atoms with Gasteiger partial charge in [-0.25, -0.2) is 4.39 Å². The summed E-state index contributed by atoms with van der Waals surface area (Å²) in [5, 5.41) is 0. The smallest absolute Gasteiger partial charge is 0.251 e. The maximum absolute atomic E-state index is 13.5. The largest absolute Gasteiger partial charge is 0.493 e. The Hall–Kier alpha value is -2.51. The van der Waals surface area contributed by atoms with E-state index in [2.05, 4.69) is 4.99 Å². The first kappa shape index (κ1) is 18.3. The van der Waals surface area contributed by atoms with E-state index in [1.54, 1.807) is 13.2 Å².